The normalized spacial score (nSPS) is 16.4. The van der Waals surface area contributed by atoms with E-state index < -0.39 is 0 Å². The molecule has 0 unspecified atom stereocenters. The standard InChI is InChI=1S/C12H18S/c1-3-5-6-8-11-9-7-10-13-12(11)4-2/h4,7,9H,2-3,5-6,8,10H2,1H3. The molecule has 0 aromatic rings. The first-order chi connectivity index (χ1) is 6.38. The Bertz CT molecular complexity index is 223. The summed E-state index contributed by atoms with van der Waals surface area (Å²) in [6.45, 7) is 6.09. The predicted octanol–water partition coefficient (Wildman–Crippen LogP) is 4.31. The molecule has 13 heavy (non-hydrogen) atoms. The minimum atomic E-state index is 1.11. The third kappa shape index (κ3) is 3.43. The Morgan fingerprint density at radius 1 is 1.54 bits per heavy atom. The van der Waals surface area contributed by atoms with E-state index in [2.05, 4.69) is 25.7 Å². The van der Waals surface area contributed by atoms with Gasteiger partial charge in [-0.05, 0) is 18.4 Å². The molecule has 0 aliphatic carbocycles. The molecular weight excluding hydrogens is 176 g/mol. The lowest BCUT2D eigenvalue weighted by Crippen LogP contribution is -1.91. The molecule has 0 N–H and O–H groups in total. The third-order valence-corrected chi connectivity index (χ3v) is 3.30. The quantitative estimate of drug-likeness (QED) is 0.588. The van der Waals surface area contributed by atoms with Crippen LogP contribution in [0.3, 0.4) is 0 Å². The zero-order valence-corrected chi connectivity index (χ0v) is 9.20. The van der Waals surface area contributed by atoms with Crippen molar-refractivity contribution in [1.29, 1.82) is 0 Å². The largest absolute Gasteiger partial charge is 0.122 e. The molecule has 1 aliphatic rings. The molecule has 0 amide bonds. The van der Waals surface area contributed by atoms with Crippen LogP contribution in [-0.2, 0) is 0 Å². The molecule has 1 heteroatoms. The van der Waals surface area contributed by atoms with Crippen LogP contribution in [0, 0.1) is 0 Å². The molecule has 0 saturated heterocycles. The van der Waals surface area contributed by atoms with Crippen molar-refractivity contribution in [2.75, 3.05) is 5.75 Å². The van der Waals surface area contributed by atoms with Crippen molar-refractivity contribution in [2.45, 2.75) is 32.6 Å². The van der Waals surface area contributed by atoms with Gasteiger partial charge in [0.05, 0.1) is 0 Å². The van der Waals surface area contributed by atoms with Crippen LogP contribution in [-0.4, -0.2) is 5.75 Å². The molecule has 0 atom stereocenters. The maximum Gasteiger partial charge on any atom is 0.0164 e. The summed E-state index contributed by atoms with van der Waals surface area (Å²) in [5, 5.41) is 0. The minimum Gasteiger partial charge on any atom is -0.122 e. The fourth-order valence-electron chi connectivity index (χ4n) is 1.47. The predicted molar refractivity (Wildman–Crippen MR) is 63.0 cm³/mol. The van der Waals surface area contributed by atoms with Crippen LogP contribution in [0.1, 0.15) is 32.6 Å². The number of rotatable bonds is 5. The summed E-state index contributed by atoms with van der Waals surface area (Å²) in [6.07, 6.45) is 11.7. The number of allylic oxidation sites excluding steroid dienone is 3. The molecule has 0 radical (unpaired) electrons. The summed E-state index contributed by atoms with van der Waals surface area (Å²) < 4.78 is 0. The first-order valence-corrected chi connectivity index (χ1v) is 6.02. The Hall–Kier alpha value is -0.430. The summed E-state index contributed by atoms with van der Waals surface area (Å²) in [5.41, 5.74) is 1.49. The van der Waals surface area contributed by atoms with Crippen LogP contribution in [0.25, 0.3) is 0 Å². The molecule has 1 heterocycles. The van der Waals surface area contributed by atoms with E-state index in [-0.39, 0.29) is 0 Å². The van der Waals surface area contributed by atoms with Gasteiger partial charge < -0.3 is 0 Å². The van der Waals surface area contributed by atoms with Gasteiger partial charge >= 0.3 is 0 Å². The van der Waals surface area contributed by atoms with Crippen molar-refractivity contribution in [1.82, 2.24) is 0 Å². The molecule has 1 rings (SSSR count). The Kier molecular flexibility index (Phi) is 4.99. The summed E-state index contributed by atoms with van der Waals surface area (Å²) in [7, 11) is 0. The molecule has 0 nitrogen and oxygen atoms in total. The summed E-state index contributed by atoms with van der Waals surface area (Å²) in [6, 6.07) is 0. The number of unbranched alkanes of at least 4 members (excludes halogenated alkanes) is 2. The number of hydrogen-bond donors (Lipinski definition) is 0. The second kappa shape index (κ2) is 6.09. The van der Waals surface area contributed by atoms with Crippen molar-refractivity contribution in [3.05, 3.63) is 35.3 Å². The van der Waals surface area contributed by atoms with E-state index >= 15 is 0 Å². The van der Waals surface area contributed by atoms with Gasteiger partial charge in [-0.15, -0.1) is 11.8 Å². The zero-order chi connectivity index (χ0) is 9.52. The average molecular weight is 194 g/mol. The smallest absolute Gasteiger partial charge is 0.0164 e. The lowest BCUT2D eigenvalue weighted by Gasteiger charge is -2.11. The van der Waals surface area contributed by atoms with Crippen molar-refractivity contribution in [2.24, 2.45) is 0 Å². The van der Waals surface area contributed by atoms with Gasteiger partial charge in [0, 0.05) is 10.7 Å². The number of thioether (sulfide) groups is 1. The fraction of sp³-hybridized carbons (Fsp3) is 0.500. The van der Waals surface area contributed by atoms with Gasteiger partial charge in [-0.2, -0.15) is 0 Å². The van der Waals surface area contributed by atoms with Crippen molar-refractivity contribution in [3.63, 3.8) is 0 Å². The monoisotopic (exact) mass is 194 g/mol. The average Bonchev–Trinajstić information content (AvgIpc) is 2.19. The SMILES string of the molecule is C=CC1=C(CCCCC)C=CCS1. The molecule has 1 aliphatic heterocycles. The van der Waals surface area contributed by atoms with Crippen molar-refractivity contribution >= 4 is 11.8 Å². The topological polar surface area (TPSA) is 0 Å². The first-order valence-electron chi connectivity index (χ1n) is 5.03. The van der Waals surface area contributed by atoms with Gasteiger partial charge in [-0.1, -0.05) is 44.6 Å². The lowest BCUT2D eigenvalue weighted by molar-refractivity contribution is 0.718. The summed E-state index contributed by atoms with van der Waals surface area (Å²) in [5.74, 6) is 1.11. The Morgan fingerprint density at radius 2 is 2.38 bits per heavy atom. The zero-order valence-electron chi connectivity index (χ0n) is 8.38. The second-order valence-corrected chi connectivity index (χ2v) is 4.33. The molecule has 0 saturated carbocycles. The van der Waals surface area contributed by atoms with Crippen molar-refractivity contribution in [3.8, 4) is 0 Å². The maximum absolute atomic E-state index is 3.85. The van der Waals surface area contributed by atoms with E-state index in [1.807, 2.05) is 17.8 Å². The van der Waals surface area contributed by atoms with E-state index in [1.54, 1.807) is 0 Å². The van der Waals surface area contributed by atoms with Crippen molar-refractivity contribution < 1.29 is 0 Å². The molecule has 0 spiro atoms. The molecule has 0 fully saturated rings. The van der Waals surface area contributed by atoms with Crippen LogP contribution < -0.4 is 0 Å². The van der Waals surface area contributed by atoms with Crippen LogP contribution in [0.15, 0.2) is 35.3 Å². The van der Waals surface area contributed by atoms with E-state index in [9.17, 15) is 0 Å². The second-order valence-electron chi connectivity index (χ2n) is 3.26. The highest BCUT2D eigenvalue weighted by molar-refractivity contribution is 8.03. The van der Waals surface area contributed by atoms with Crippen LogP contribution in [0.2, 0.25) is 0 Å². The van der Waals surface area contributed by atoms with E-state index in [1.165, 1.54) is 36.2 Å². The molecule has 0 aromatic carbocycles. The highest BCUT2D eigenvalue weighted by atomic mass is 32.2. The molecule has 0 aromatic heterocycles. The Balaban J connectivity index is 2.48. The highest BCUT2D eigenvalue weighted by Crippen LogP contribution is 2.29. The molecular formula is C12H18S. The van der Waals surface area contributed by atoms with Crippen LogP contribution in [0.4, 0.5) is 0 Å². The lowest BCUT2D eigenvalue weighted by atomic mass is 10.1. The van der Waals surface area contributed by atoms with E-state index in [4.69, 9.17) is 0 Å². The maximum atomic E-state index is 3.85. The van der Waals surface area contributed by atoms with Gasteiger partial charge in [-0.25, -0.2) is 0 Å². The van der Waals surface area contributed by atoms with Gasteiger partial charge in [-0.3, -0.25) is 0 Å². The van der Waals surface area contributed by atoms with Gasteiger partial charge in [0.1, 0.15) is 0 Å². The van der Waals surface area contributed by atoms with Crippen LogP contribution in [0.5, 0.6) is 0 Å². The van der Waals surface area contributed by atoms with Gasteiger partial charge in [0.15, 0.2) is 0 Å². The first kappa shape index (κ1) is 10.6. The van der Waals surface area contributed by atoms with E-state index in [0.717, 1.165) is 5.75 Å². The van der Waals surface area contributed by atoms with E-state index in [0.29, 0.717) is 0 Å². The Morgan fingerprint density at radius 3 is 3.08 bits per heavy atom. The highest BCUT2D eigenvalue weighted by Gasteiger charge is 2.04. The molecule has 72 valence electrons. The third-order valence-electron chi connectivity index (χ3n) is 2.21. The Labute approximate surface area is 85.8 Å². The van der Waals surface area contributed by atoms with Gasteiger partial charge in [0.2, 0.25) is 0 Å². The fourth-order valence-corrected chi connectivity index (χ4v) is 2.31. The molecule has 0 bridgehead atoms. The minimum absolute atomic E-state index is 1.11. The summed E-state index contributed by atoms with van der Waals surface area (Å²) in [4.78, 5) is 1.39. The summed E-state index contributed by atoms with van der Waals surface area (Å²) >= 11 is 1.90. The van der Waals surface area contributed by atoms with Crippen LogP contribution >= 0.6 is 11.8 Å². The number of hydrogen-bond acceptors (Lipinski definition) is 1. The van der Waals surface area contributed by atoms with Gasteiger partial charge in [0.25, 0.3) is 0 Å².